The maximum atomic E-state index is 12.2. The van der Waals surface area contributed by atoms with Crippen LogP contribution in [0.1, 0.15) is 52.9 Å². The predicted octanol–water partition coefficient (Wildman–Crippen LogP) is 2.63. The van der Waals surface area contributed by atoms with Gasteiger partial charge in [-0.15, -0.1) is 0 Å². The van der Waals surface area contributed by atoms with Crippen molar-refractivity contribution in [3.05, 3.63) is 0 Å². The second-order valence-corrected chi connectivity index (χ2v) is 8.23. The number of hydrogen-bond acceptors (Lipinski definition) is 4. The molecule has 2 fully saturated rings. The summed E-state index contributed by atoms with van der Waals surface area (Å²) < 4.78 is 5.48. The van der Waals surface area contributed by atoms with Crippen LogP contribution in [-0.2, 0) is 4.74 Å². The lowest BCUT2D eigenvalue weighted by Gasteiger charge is -2.34. The van der Waals surface area contributed by atoms with Crippen molar-refractivity contribution in [2.45, 2.75) is 58.5 Å². The summed E-state index contributed by atoms with van der Waals surface area (Å²) in [6.45, 7) is 9.59. The Hall–Kier alpha value is -0.810. The molecule has 0 spiro atoms. The molecule has 1 heterocycles. The Bertz CT molecular complexity index is 381. The first-order chi connectivity index (χ1) is 10.9. The van der Waals surface area contributed by atoms with Crippen LogP contribution in [0.3, 0.4) is 0 Å². The molecule has 1 aliphatic heterocycles. The largest absolute Gasteiger partial charge is 0.444 e. The lowest BCUT2D eigenvalue weighted by molar-refractivity contribution is 0.0165. The predicted molar refractivity (Wildman–Crippen MR) is 91.3 cm³/mol. The van der Waals surface area contributed by atoms with Crippen LogP contribution in [0, 0.1) is 17.8 Å². The number of aliphatic hydroxyl groups excluding tert-OH is 1. The van der Waals surface area contributed by atoms with Gasteiger partial charge in [-0.1, -0.05) is 6.42 Å². The van der Waals surface area contributed by atoms with Crippen molar-refractivity contribution in [1.29, 1.82) is 0 Å². The molecule has 3 unspecified atom stereocenters. The van der Waals surface area contributed by atoms with E-state index in [0.29, 0.717) is 24.4 Å². The summed E-state index contributed by atoms with van der Waals surface area (Å²) in [7, 11) is 0. The zero-order chi connectivity index (χ0) is 16.9. The highest BCUT2D eigenvalue weighted by molar-refractivity contribution is 5.68. The second-order valence-electron chi connectivity index (χ2n) is 8.23. The standard InChI is InChI=1S/C18H34N2O3/c1-18(2,3)23-17(22)20-9-5-6-14(12-20)10-19-11-15-7-4-8-16(15)13-21/h14-16,19,21H,4-13H2,1-3H3. The topological polar surface area (TPSA) is 61.8 Å². The van der Waals surface area contributed by atoms with Gasteiger partial charge in [0.15, 0.2) is 0 Å². The van der Waals surface area contributed by atoms with Gasteiger partial charge in [-0.3, -0.25) is 0 Å². The minimum absolute atomic E-state index is 0.182. The average molecular weight is 326 g/mol. The average Bonchev–Trinajstić information content (AvgIpc) is 2.93. The van der Waals surface area contributed by atoms with Crippen LogP contribution in [0.5, 0.6) is 0 Å². The number of hydrogen-bond donors (Lipinski definition) is 2. The van der Waals surface area contributed by atoms with E-state index in [2.05, 4.69) is 5.32 Å². The minimum Gasteiger partial charge on any atom is -0.444 e. The van der Waals surface area contributed by atoms with E-state index in [0.717, 1.165) is 32.6 Å². The third-order valence-electron chi connectivity index (χ3n) is 5.06. The van der Waals surface area contributed by atoms with Crippen molar-refractivity contribution in [2.75, 3.05) is 32.8 Å². The summed E-state index contributed by atoms with van der Waals surface area (Å²) in [6, 6.07) is 0. The van der Waals surface area contributed by atoms with Crippen LogP contribution in [-0.4, -0.2) is 54.5 Å². The molecule has 5 heteroatoms. The van der Waals surface area contributed by atoms with E-state index in [1.165, 1.54) is 25.7 Å². The van der Waals surface area contributed by atoms with Crippen LogP contribution < -0.4 is 5.32 Å². The lowest BCUT2D eigenvalue weighted by Crippen LogP contribution is -2.45. The molecule has 5 nitrogen and oxygen atoms in total. The van der Waals surface area contributed by atoms with Crippen LogP contribution >= 0.6 is 0 Å². The molecule has 3 atom stereocenters. The van der Waals surface area contributed by atoms with Crippen LogP contribution in [0.2, 0.25) is 0 Å². The molecule has 0 radical (unpaired) electrons. The van der Waals surface area contributed by atoms with Gasteiger partial charge >= 0.3 is 6.09 Å². The maximum Gasteiger partial charge on any atom is 0.410 e. The number of carbonyl (C=O) groups is 1. The Morgan fingerprint density at radius 2 is 1.91 bits per heavy atom. The van der Waals surface area contributed by atoms with Gasteiger partial charge in [0.05, 0.1) is 0 Å². The van der Waals surface area contributed by atoms with Crippen LogP contribution in [0.4, 0.5) is 4.79 Å². The minimum atomic E-state index is -0.427. The first-order valence-corrected chi connectivity index (χ1v) is 9.18. The van der Waals surface area contributed by atoms with E-state index in [1.807, 2.05) is 25.7 Å². The third kappa shape index (κ3) is 5.96. The molecule has 23 heavy (non-hydrogen) atoms. The van der Waals surface area contributed by atoms with Gasteiger partial charge in [0.25, 0.3) is 0 Å². The fourth-order valence-corrected chi connectivity index (χ4v) is 3.82. The Kier molecular flexibility index (Phi) is 6.72. The van der Waals surface area contributed by atoms with Gasteiger partial charge in [-0.05, 0) is 77.3 Å². The summed E-state index contributed by atoms with van der Waals surface area (Å²) >= 11 is 0. The number of nitrogens with one attached hydrogen (secondary N) is 1. The SMILES string of the molecule is CC(C)(C)OC(=O)N1CCCC(CNCC2CCCC2CO)C1. The smallest absolute Gasteiger partial charge is 0.410 e. The highest BCUT2D eigenvalue weighted by Gasteiger charge is 2.29. The molecule has 134 valence electrons. The van der Waals surface area contributed by atoms with Crippen molar-refractivity contribution >= 4 is 6.09 Å². The number of ether oxygens (including phenoxy) is 1. The molecule has 0 aromatic heterocycles. The first-order valence-electron chi connectivity index (χ1n) is 9.18. The van der Waals surface area contributed by atoms with Gasteiger partial charge in [0, 0.05) is 19.7 Å². The van der Waals surface area contributed by atoms with Gasteiger partial charge < -0.3 is 20.1 Å². The van der Waals surface area contributed by atoms with E-state index in [-0.39, 0.29) is 6.09 Å². The molecular weight excluding hydrogens is 292 g/mol. The Balaban J connectivity index is 1.70. The molecular formula is C18H34N2O3. The van der Waals surface area contributed by atoms with Crippen LogP contribution in [0.15, 0.2) is 0 Å². The van der Waals surface area contributed by atoms with E-state index in [1.54, 1.807) is 0 Å². The fourth-order valence-electron chi connectivity index (χ4n) is 3.82. The van der Waals surface area contributed by atoms with Crippen molar-refractivity contribution in [3.8, 4) is 0 Å². The Morgan fingerprint density at radius 3 is 2.61 bits per heavy atom. The molecule has 1 saturated heterocycles. The first kappa shape index (κ1) is 18.5. The zero-order valence-electron chi connectivity index (χ0n) is 15.0. The second kappa shape index (κ2) is 8.34. The Morgan fingerprint density at radius 1 is 1.17 bits per heavy atom. The summed E-state index contributed by atoms with van der Waals surface area (Å²) in [6.07, 6.45) is 5.67. The molecule has 0 bridgehead atoms. The lowest BCUT2D eigenvalue weighted by atomic mass is 9.95. The van der Waals surface area contributed by atoms with Crippen LogP contribution in [0.25, 0.3) is 0 Å². The number of likely N-dealkylation sites (tertiary alicyclic amines) is 1. The van der Waals surface area contributed by atoms with Gasteiger partial charge in [0.2, 0.25) is 0 Å². The monoisotopic (exact) mass is 326 g/mol. The highest BCUT2D eigenvalue weighted by Crippen LogP contribution is 2.30. The number of piperidine rings is 1. The van der Waals surface area contributed by atoms with Gasteiger partial charge in [0.1, 0.15) is 5.60 Å². The van der Waals surface area contributed by atoms with Crippen molar-refractivity contribution < 1.29 is 14.6 Å². The highest BCUT2D eigenvalue weighted by atomic mass is 16.6. The van der Waals surface area contributed by atoms with Crippen molar-refractivity contribution in [3.63, 3.8) is 0 Å². The van der Waals surface area contributed by atoms with E-state index < -0.39 is 5.60 Å². The molecule has 0 aromatic rings. The van der Waals surface area contributed by atoms with E-state index in [9.17, 15) is 9.90 Å². The summed E-state index contributed by atoms with van der Waals surface area (Å²) in [5.74, 6) is 1.60. The van der Waals surface area contributed by atoms with Crippen molar-refractivity contribution in [1.82, 2.24) is 10.2 Å². The molecule has 1 aliphatic carbocycles. The Labute approximate surface area is 140 Å². The number of nitrogens with zero attached hydrogens (tertiary/aromatic N) is 1. The zero-order valence-corrected chi connectivity index (χ0v) is 15.0. The van der Waals surface area contributed by atoms with Crippen molar-refractivity contribution in [2.24, 2.45) is 17.8 Å². The molecule has 2 rings (SSSR count). The summed E-state index contributed by atoms with van der Waals surface area (Å²) in [5.41, 5.74) is -0.427. The summed E-state index contributed by atoms with van der Waals surface area (Å²) in [5, 5.41) is 13.0. The molecule has 2 N–H and O–H groups in total. The quantitative estimate of drug-likeness (QED) is 0.815. The number of carbonyl (C=O) groups excluding carboxylic acids is 1. The van der Waals surface area contributed by atoms with Gasteiger partial charge in [-0.25, -0.2) is 4.79 Å². The molecule has 1 amide bonds. The fraction of sp³-hybridized carbons (Fsp3) is 0.944. The maximum absolute atomic E-state index is 12.2. The van der Waals surface area contributed by atoms with E-state index >= 15 is 0 Å². The number of rotatable bonds is 5. The van der Waals surface area contributed by atoms with E-state index in [4.69, 9.17) is 4.74 Å². The normalized spacial score (nSPS) is 28.9. The molecule has 0 aromatic carbocycles. The number of amides is 1. The van der Waals surface area contributed by atoms with Gasteiger partial charge in [-0.2, -0.15) is 0 Å². The third-order valence-corrected chi connectivity index (χ3v) is 5.06. The summed E-state index contributed by atoms with van der Waals surface area (Å²) in [4.78, 5) is 14.0. The molecule has 2 aliphatic rings. The number of aliphatic hydroxyl groups is 1. The molecule has 1 saturated carbocycles.